The van der Waals surface area contributed by atoms with E-state index in [1.807, 2.05) is 6.92 Å². The lowest BCUT2D eigenvalue weighted by Gasteiger charge is -2.26. The number of carbonyl (C=O) groups excluding carboxylic acids is 1. The highest BCUT2D eigenvalue weighted by Gasteiger charge is 2.26. The highest BCUT2D eigenvalue weighted by Crippen LogP contribution is 2.21. The molecule has 1 saturated heterocycles. The smallest absolute Gasteiger partial charge is 0.322 e. The number of nitrogens with zero attached hydrogens (tertiary/aromatic N) is 5. The van der Waals surface area contributed by atoms with Crippen LogP contribution in [0.25, 0.3) is 11.6 Å². The number of anilines is 1. The van der Waals surface area contributed by atoms with Crippen LogP contribution in [-0.2, 0) is 21.8 Å². The molecule has 3 heterocycles. The first-order valence-electron chi connectivity index (χ1n) is 9.18. The van der Waals surface area contributed by atoms with Crippen molar-refractivity contribution in [2.75, 3.05) is 31.6 Å². The van der Waals surface area contributed by atoms with E-state index in [1.165, 1.54) is 28.6 Å². The van der Waals surface area contributed by atoms with Crippen LogP contribution in [0.15, 0.2) is 39.6 Å². The number of ether oxygens (including phenoxy) is 1. The van der Waals surface area contributed by atoms with Gasteiger partial charge in [0.25, 0.3) is 11.8 Å². The van der Waals surface area contributed by atoms with Gasteiger partial charge in [0, 0.05) is 31.4 Å². The van der Waals surface area contributed by atoms with Crippen molar-refractivity contribution >= 4 is 21.9 Å². The standard InChI is InChI=1S/C18H20N6O5S/c1-12-11-15(22-23(12)2)17-20-21-18(29-17)19-16(25)13-3-5-14(6-4-13)30(26,27)24-7-9-28-10-8-24/h3-6,11H,7-10H2,1-2H3,(H,19,21,25). The van der Waals surface area contributed by atoms with Crippen molar-refractivity contribution in [2.24, 2.45) is 7.05 Å². The first-order chi connectivity index (χ1) is 14.3. The summed E-state index contributed by atoms with van der Waals surface area (Å²) >= 11 is 0. The summed E-state index contributed by atoms with van der Waals surface area (Å²) in [7, 11) is -1.83. The number of nitrogens with one attached hydrogen (secondary N) is 1. The molecular formula is C18H20N6O5S. The molecule has 11 nitrogen and oxygen atoms in total. The summed E-state index contributed by atoms with van der Waals surface area (Å²) < 4.78 is 39.0. The third-order valence-electron chi connectivity index (χ3n) is 4.70. The van der Waals surface area contributed by atoms with Crippen molar-refractivity contribution in [3.8, 4) is 11.6 Å². The Morgan fingerprint density at radius 3 is 2.47 bits per heavy atom. The number of hydrogen-bond acceptors (Lipinski definition) is 8. The first kappa shape index (κ1) is 20.2. The molecule has 0 aliphatic carbocycles. The van der Waals surface area contributed by atoms with Crippen molar-refractivity contribution in [3.63, 3.8) is 0 Å². The van der Waals surface area contributed by atoms with Gasteiger partial charge in [0.2, 0.25) is 10.0 Å². The topological polar surface area (TPSA) is 132 Å². The molecule has 1 aliphatic rings. The van der Waals surface area contributed by atoms with E-state index in [9.17, 15) is 13.2 Å². The molecule has 4 rings (SSSR count). The number of carbonyl (C=O) groups is 1. The Morgan fingerprint density at radius 1 is 1.13 bits per heavy atom. The Kier molecular flexibility index (Phi) is 5.37. The maximum atomic E-state index is 12.7. The number of benzene rings is 1. The third-order valence-corrected chi connectivity index (χ3v) is 6.62. The lowest BCUT2D eigenvalue weighted by Crippen LogP contribution is -2.40. The fourth-order valence-electron chi connectivity index (χ4n) is 2.93. The minimum atomic E-state index is -3.62. The largest absolute Gasteiger partial charge is 0.401 e. The summed E-state index contributed by atoms with van der Waals surface area (Å²) in [6.45, 7) is 3.23. The van der Waals surface area contributed by atoms with Crippen molar-refractivity contribution in [1.29, 1.82) is 0 Å². The lowest BCUT2D eigenvalue weighted by molar-refractivity contribution is 0.0730. The summed E-state index contributed by atoms with van der Waals surface area (Å²) in [6, 6.07) is 7.37. The quantitative estimate of drug-likeness (QED) is 0.633. The van der Waals surface area contributed by atoms with Gasteiger partial charge in [0.1, 0.15) is 5.69 Å². The van der Waals surface area contributed by atoms with Crippen LogP contribution in [0.5, 0.6) is 0 Å². The predicted molar refractivity (Wildman–Crippen MR) is 105 cm³/mol. The number of hydrogen-bond donors (Lipinski definition) is 1. The van der Waals surface area contributed by atoms with Crippen LogP contribution in [0.3, 0.4) is 0 Å². The number of morpholine rings is 1. The Balaban J connectivity index is 1.45. The van der Waals surface area contributed by atoms with E-state index in [-0.39, 0.29) is 22.4 Å². The van der Waals surface area contributed by atoms with E-state index in [0.29, 0.717) is 32.0 Å². The first-order valence-corrected chi connectivity index (χ1v) is 10.6. The van der Waals surface area contributed by atoms with E-state index in [0.717, 1.165) is 5.69 Å². The van der Waals surface area contributed by atoms with E-state index < -0.39 is 15.9 Å². The highest BCUT2D eigenvalue weighted by atomic mass is 32.2. The van der Waals surface area contributed by atoms with Crippen molar-refractivity contribution in [1.82, 2.24) is 24.3 Å². The van der Waals surface area contributed by atoms with Gasteiger partial charge in [-0.2, -0.15) is 9.40 Å². The van der Waals surface area contributed by atoms with Gasteiger partial charge in [-0.1, -0.05) is 5.10 Å². The SMILES string of the molecule is Cc1cc(-c2nnc(NC(=O)c3ccc(S(=O)(=O)N4CCOCC4)cc3)o2)nn1C. The summed E-state index contributed by atoms with van der Waals surface area (Å²) in [5, 5.41) is 14.4. The summed E-state index contributed by atoms with van der Waals surface area (Å²) in [6.07, 6.45) is 0. The number of amides is 1. The molecule has 1 fully saturated rings. The minimum absolute atomic E-state index is 0.0803. The Morgan fingerprint density at radius 2 is 1.83 bits per heavy atom. The van der Waals surface area contributed by atoms with Crippen LogP contribution in [0, 0.1) is 6.92 Å². The number of rotatable bonds is 5. The lowest BCUT2D eigenvalue weighted by atomic mass is 10.2. The van der Waals surface area contributed by atoms with Gasteiger partial charge in [-0.3, -0.25) is 14.8 Å². The second-order valence-corrected chi connectivity index (χ2v) is 8.64. The molecule has 1 aliphatic heterocycles. The normalized spacial score (nSPS) is 15.3. The van der Waals surface area contributed by atoms with Crippen LogP contribution < -0.4 is 5.32 Å². The molecule has 0 saturated carbocycles. The zero-order valence-corrected chi connectivity index (χ0v) is 17.2. The fraction of sp³-hybridized carbons (Fsp3) is 0.333. The van der Waals surface area contributed by atoms with Crippen LogP contribution in [0.2, 0.25) is 0 Å². The van der Waals surface area contributed by atoms with Crippen LogP contribution in [0.1, 0.15) is 16.1 Å². The highest BCUT2D eigenvalue weighted by molar-refractivity contribution is 7.89. The average Bonchev–Trinajstić information content (AvgIpc) is 3.35. The van der Waals surface area contributed by atoms with Gasteiger partial charge in [-0.25, -0.2) is 8.42 Å². The Hall–Kier alpha value is -3.09. The Labute approximate surface area is 172 Å². The molecule has 0 radical (unpaired) electrons. The van der Waals surface area contributed by atoms with Crippen molar-refractivity contribution < 1.29 is 22.4 Å². The maximum absolute atomic E-state index is 12.7. The second kappa shape index (κ2) is 7.97. The number of aromatic nitrogens is 4. The summed E-state index contributed by atoms with van der Waals surface area (Å²) in [5.41, 5.74) is 1.67. The van der Waals surface area contributed by atoms with Gasteiger partial charge < -0.3 is 9.15 Å². The maximum Gasteiger partial charge on any atom is 0.322 e. The molecule has 2 aromatic heterocycles. The van der Waals surface area contributed by atoms with E-state index in [1.54, 1.807) is 17.8 Å². The van der Waals surface area contributed by atoms with Gasteiger partial charge in [0.05, 0.1) is 18.1 Å². The van der Waals surface area contributed by atoms with E-state index >= 15 is 0 Å². The molecule has 0 bridgehead atoms. The average molecular weight is 432 g/mol. The molecule has 3 aromatic rings. The summed E-state index contributed by atoms with van der Waals surface area (Å²) in [4.78, 5) is 12.6. The Bertz CT molecular complexity index is 1140. The van der Waals surface area contributed by atoms with Crippen LogP contribution >= 0.6 is 0 Å². The van der Waals surface area contributed by atoms with Gasteiger partial charge >= 0.3 is 6.01 Å². The molecule has 1 N–H and O–H groups in total. The third kappa shape index (κ3) is 3.97. The van der Waals surface area contributed by atoms with Crippen LogP contribution in [0.4, 0.5) is 6.01 Å². The van der Waals surface area contributed by atoms with E-state index in [4.69, 9.17) is 9.15 Å². The van der Waals surface area contributed by atoms with Gasteiger partial charge in [-0.05, 0) is 37.3 Å². The van der Waals surface area contributed by atoms with Crippen molar-refractivity contribution in [3.05, 3.63) is 41.6 Å². The molecule has 0 unspecified atom stereocenters. The van der Waals surface area contributed by atoms with Gasteiger partial charge in [0.15, 0.2) is 0 Å². The second-order valence-electron chi connectivity index (χ2n) is 6.70. The molecule has 12 heteroatoms. The molecule has 30 heavy (non-hydrogen) atoms. The van der Waals surface area contributed by atoms with Gasteiger partial charge in [-0.15, -0.1) is 5.10 Å². The molecule has 1 aromatic carbocycles. The zero-order valence-electron chi connectivity index (χ0n) is 16.4. The molecule has 0 atom stereocenters. The molecule has 0 spiro atoms. The monoisotopic (exact) mass is 432 g/mol. The predicted octanol–water partition coefficient (Wildman–Crippen LogP) is 1.05. The molecule has 1 amide bonds. The number of sulfonamides is 1. The zero-order chi connectivity index (χ0) is 21.3. The fourth-order valence-corrected chi connectivity index (χ4v) is 4.33. The molecular weight excluding hydrogens is 412 g/mol. The van der Waals surface area contributed by atoms with Crippen molar-refractivity contribution in [2.45, 2.75) is 11.8 Å². The van der Waals surface area contributed by atoms with Crippen LogP contribution in [-0.4, -0.2) is 64.9 Å². The number of aryl methyl sites for hydroxylation is 2. The minimum Gasteiger partial charge on any atom is -0.401 e. The summed E-state index contributed by atoms with van der Waals surface area (Å²) in [5.74, 6) is -0.321. The van der Waals surface area contributed by atoms with E-state index in [2.05, 4.69) is 20.6 Å². The molecule has 158 valence electrons.